The molecule has 0 aliphatic heterocycles. The molecule has 0 radical (unpaired) electrons. The van der Waals surface area contributed by atoms with Gasteiger partial charge in [0.15, 0.2) is 5.13 Å². The zero-order valence-corrected chi connectivity index (χ0v) is 19.9. The number of sulfonamides is 1. The van der Waals surface area contributed by atoms with E-state index < -0.39 is 15.9 Å². The molecule has 2 heterocycles. The zero-order valence-electron chi connectivity index (χ0n) is 17.4. The van der Waals surface area contributed by atoms with Crippen LogP contribution in [0, 0.1) is 0 Å². The molecule has 8 nitrogen and oxygen atoms in total. The van der Waals surface area contributed by atoms with Gasteiger partial charge < -0.3 is 10.6 Å². The predicted octanol–water partition coefficient (Wildman–Crippen LogP) is 3.38. The molecule has 11 heteroatoms. The van der Waals surface area contributed by atoms with E-state index in [1.807, 2.05) is 35.7 Å². The minimum absolute atomic E-state index is 0.0962. The van der Waals surface area contributed by atoms with Crippen molar-refractivity contribution in [1.29, 1.82) is 0 Å². The average Bonchev–Trinajstić information content (AvgIpc) is 3.41. The SMILES string of the molecule is CC(=O)NCc1ccc(-c2csc(NC(=O)CN(C)S(=O)(=O)/C=C/c3ccccc3)n2)s1. The van der Waals surface area contributed by atoms with E-state index in [1.54, 1.807) is 12.1 Å². The van der Waals surface area contributed by atoms with Crippen LogP contribution in [0.4, 0.5) is 5.13 Å². The highest BCUT2D eigenvalue weighted by atomic mass is 32.2. The molecule has 0 aliphatic rings. The Balaban J connectivity index is 1.56. The number of thiazole rings is 1. The van der Waals surface area contributed by atoms with Gasteiger partial charge in [0.1, 0.15) is 0 Å². The second-order valence-electron chi connectivity index (χ2n) is 6.78. The van der Waals surface area contributed by atoms with Gasteiger partial charge in [0.2, 0.25) is 21.8 Å². The molecule has 2 amide bonds. The van der Waals surface area contributed by atoms with Crippen molar-refractivity contribution in [2.75, 3.05) is 18.9 Å². The van der Waals surface area contributed by atoms with E-state index >= 15 is 0 Å². The smallest absolute Gasteiger partial charge is 0.241 e. The lowest BCUT2D eigenvalue weighted by atomic mass is 10.2. The van der Waals surface area contributed by atoms with Crippen LogP contribution in [0.25, 0.3) is 16.6 Å². The summed E-state index contributed by atoms with van der Waals surface area (Å²) in [4.78, 5) is 29.7. The Kier molecular flexibility index (Phi) is 7.91. The monoisotopic (exact) mass is 490 g/mol. The third kappa shape index (κ3) is 6.82. The van der Waals surface area contributed by atoms with Crippen molar-refractivity contribution in [2.45, 2.75) is 13.5 Å². The number of rotatable bonds is 9. The predicted molar refractivity (Wildman–Crippen MR) is 129 cm³/mol. The second kappa shape index (κ2) is 10.6. The van der Waals surface area contributed by atoms with Gasteiger partial charge in [-0.2, -0.15) is 4.31 Å². The van der Waals surface area contributed by atoms with Crippen molar-refractivity contribution < 1.29 is 18.0 Å². The molecule has 0 unspecified atom stereocenters. The number of carbonyl (C=O) groups is 2. The van der Waals surface area contributed by atoms with E-state index in [1.165, 1.54) is 42.7 Å². The number of hydrogen-bond donors (Lipinski definition) is 2. The molecule has 0 bridgehead atoms. The molecular weight excluding hydrogens is 468 g/mol. The van der Waals surface area contributed by atoms with E-state index in [-0.39, 0.29) is 12.5 Å². The minimum atomic E-state index is -3.75. The highest BCUT2D eigenvalue weighted by molar-refractivity contribution is 7.92. The summed E-state index contributed by atoms with van der Waals surface area (Å²) in [6.45, 7) is 1.58. The van der Waals surface area contributed by atoms with Crippen molar-refractivity contribution in [3.63, 3.8) is 0 Å². The molecule has 2 N–H and O–H groups in total. The number of aromatic nitrogens is 1. The molecule has 3 aromatic rings. The van der Waals surface area contributed by atoms with Crippen LogP contribution in [0.2, 0.25) is 0 Å². The number of likely N-dealkylation sites (N-methyl/N-ethyl adjacent to an activating group) is 1. The van der Waals surface area contributed by atoms with E-state index in [4.69, 9.17) is 0 Å². The first-order chi connectivity index (χ1) is 15.2. The fourth-order valence-electron chi connectivity index (χ4n) is 2.55. The summed E-state index contributed by atoms with van der Waals surface area (Å²) in [5.41, 5.74) is 1.45. The summed E-state index contributed by atoms with van der Waals surface area (Å²) in [5, 5.41) is 8.66. The molecule has 168 valence electrons. The Labute approximate surface area is 194 Å². The van der Waals surface area contributed by atoms with Gasteiger partial charge in [-0.05, 0) is 23.8 Å². The summed E-state index contributed by atoms with van der Waals surface area (Å²) in [6.07, 6.45) is 1.48. The number of anilines is 1. The standard InChI is InChI=1S/C21H22N4O4S3/c1-15(26)22-12-17-8-9-19(31-17)18-14-30-21(23-18)24-20(27)13-25(2)32(28,29)11-10-16-6-4-3-5-7-16/h3-11,14H,12-13H2,1-2H3,(H,22,26)(H,23,24,27)/b11-10+. The Morgan fingerprint density at radius 1 is 1.16 bits per heavy atom. The van der Waals surface area contributed by atoms with Crippen molar-refractivity contribution in [2.24, 2.45) is 0 Å². The Hall–Kier alpha value is -2.86. The molecular formula is C21H22N4O4S3. The first-order valence-corrected chi connectivity index (χ1v) is 12.7. The van der Waals surface area contributed by atoms with Crippen LogP contribution >= 0.6 is 22.7 Å². The molecule has 0 saturated carbocycles. The third-order valence-corrected chi connectivity index (χ3v) is 7.55. The number of carbonyl (C=O) groups excluding carboxylic acids is 2. The summed E-state index contributed by atoms with van der Waals surface area (Å²) in [6, 6.07) is 12.9. The van der Waals surface area contributed by atoms with Gasteiger partial charge in [-0.1, -0.05) is 30.3 Å². The van der Waals surface area contributed by atoms with E-state index in [9.17, 15) is 18.0 Å². The number of nitrogens with one attached hydrogen (secondary N) is 2. The van der Waals surface area contributed by atoms with E-state index in [0.717, 1.165) is 25.0 Å². The van der Waals surface area contributed by atoms with Crippen molar-refractivity contribution in [1.82, 2.24) is 14.6 Å². The van der Waals surface area contributed by atoms with Gasteiger partial charge in [0, 0.05) is 29.6 Å². The normalized spacial score (nSPS) is 11.7. The molecule has 2 aromatic heterocycles. The third-order valence-electron chi connectivity index (χ3n) is 4.21. The van der Waals surface area contributed by atoms with Crippen LogP contribution in [-0.2, 0) is 26.2 Å². The molecule has 0 spiro atoms. The van der Waals surface area contributed by atoms with Gasteiger partial charge in [0.05, 0.1) is 23.7 Å². The maximum Gasteiger partial charge on any atom is 0.241 e. The second-order valence-corrected chi connectivity index (χ2v) is 10.7. The van der Waals surface area contributed by atoms with Crippen molar-refractivity contribution in [3.05, 3.63) is 63.7 Å². The Bertz CT molecular complexity index is 1220. The minimum Gasteiger partial charge on any atom is -0.351 e. The van der Waals surface area contributed by atoms with Gasteiger partial charge in [0.25, 0.3) is 0 Å². The van der Waals surface area contributed by atoms with Crippen LogP contribution in [0.3, 0.4) is 0 Å². The van der Waals surface area contributed by atoms with Crippen LogP contribution in [0.5, 0.6) is 0 Å². The Morgan fingerprint density at radius 3 is 2.62 bits per heavy atom. The van der Waals surface area contributed by atoms with E-state index in [2.05, 4.69) is 15.6 Å². The number of hydrogen-bond acceptors (Lipinski definition) is 7. The maximum absolute atomic E-state index is 12.4. The van der Waals surface area contributed by atoms with Gasteiger partial charge in [-0.15, -0.1) is 22.7 Å². The number of amides is 2. The largest absolute Gasteiger partial charge is 0.351 e. The fourth-order valence-corrected chi connectivity index (χ4v) is 5.09. The number of nitrogens with zero attached hydrogens (tertiary/aromatic N) is 2. The van der Waals surface area contributed by atoms with E-state index in [0.29, 0.717) is 17.4 Å². The van der Waals surface area contributed by atoms with Crippen LogP contribution < -0.4 is 10.6 Å². The molecule has 0 atom stereocenters. The first kappa shape index (κ1) is 23.8. The van der Waals surface area contributed by atoms with Crippen LogP contribution in [0.1, 0.15) is 17.4 Å². The quantitative estimate of drug-likeness (QED) is 0.478. The number of thiophene rings is 1. The van der Waals surface area contributed by atoms with Crippen molar-refractivity contribution >= 4 is 55.7 Å². The summed E-state index contributed by atoms with van der Waals surface area (Å²) in [7, 11) is -2.40. The van der Waals surface area contributed by atoms with Gasteiger partial charge in [-0.25, -0.2) is 13.4 Å². The van der Waals surface area contributed by atoms with Crippen molar-refractivity contribution in [3.8, 4) is 10.6 Å². The van der Waals surface area contributed by atoms with Crippen LogP contribution in [-0.4, -0.2) is 43.1 Å². The molecule has 3 rings (SSSR count). The topological polar surface area (TPSA) is 108 Å². The molecule has 0 saturated heterocycles. The van der Waals surface area contributed by atoms with Gasteiger partial charge in [-0.3, -0.25) is 9.59 Å². The van der Waals surface area contributed by atoms with Crippen LogP contribution in [0.15, 0.2) is 53.3 Å². The highest BCUT2D eigenvalue weighted by Crippen LogP contribution is 2.30. The molecule has 1 aromatic carbocycles. The average molecular weight is 491 g/mol. The number of benzene rings is 1. The summed E-state index contributed by atoms with van der Waals surface area (Å²) >= 11 is 2.75. The lowest BCUT2D eigenvalue weighted by molar-refractivity contribution is -0.119. The molecule has 0 aliphatic carbocycles. The van der Waals surface area contributed by atoms with Gasteiger partial charge >= 0.3 is 0 Å². The fraction of sp³-hybridized carbons (Fsp3) is 0.190. The lowest BCUT2D eigenvalue weighted by Gasteiger charge is -2.13. The summed E-state index contributed by atoms with van der Waals surface area (Å²) in [5.74, 6) is -0.580. The first-order valence-electron chi connectivity index (χ1n) is 9.51. The Morgan fingerprint density at radius 2 is 1.91 bits per heavy atom. The lowest BCUT2D eigenvalue weighted by Crippen LogP contribution is -2.33. The zero-order chi connectivity index (χ0) is 23.1. The molecule has 0 fully saturated rings. The maximum atomic E-state index is 12.4. The highest BCUT2D eigenvalue weighted by Gasteiger charge is 2.19. The molecule has 32 heavy (non-hydrogen) atoms. The summed E-state index contributed by atoms with van der Waals surface area (Å²) < 4.78 is 25.8.